The topological polar surface area (TPSA) is 55.3 Å². The predicted octanol–water partition coefficient (Wildman–Crippen LogP) is 3.69. The molecule has 8 heteroatoms. The number of hydrogen-bond acceptors (Lipinski definition) is 4. The molecule has 0 atom stereocenters. The summed E-state index contributed by atoms with van der Waals surface area (Å²) in [6.07, 6.45) is 0.337. The van der Waals surface area contributed by atoms with Crippen molar-refractivity contribution in [2.45, 2.75) is 51.8 Å². The van der Waals surface area contributed by atoms with Crippen molar-refractivity contribution in [2.75, 3.05) is 13.1 Å². The highest BCUT2D eigenvalue weighted by atomic mass is 19.4. The van der Waals surface area contributed by atoms with Gasteiger partial charge in [0.15, 0.2) is 0 Å². The number of ether oxygens (including phenoxy) is 1. The van der Waals surface area contributed by atoms with Gasteiger partial charge < -0.3 is 9.64 Å². The summed E-state index contributed by atoms with van der Waals surface area (Å²) in [6.45, 7) is 6.91. The molecular weight excluding hydrogens is 335 g/mol. The Balaban J connectivity index is 1.44. The van der Waals surface area contributed by atoms with Crippen LogP contribution in [0.3, 0.4) is 0 Å². The monoisotopic (exact) mass is 357 g/mol. The highest BCUT2D eigenvalue weighted by Crippen LogP contribution is 2.53. The third kappa shape index (κ3) is 4.04. The van der Waals surface area contributed by atoms with Crippen molar-refractivity contribution < 1.29 is 22.7 Å². The molecule has 0 radical (unpaired) electrons. The van der Waals surface area contributed by atoms with Gasteiger partial charge in [0.1, 0.15) is 5.60 Å². The highest BCUT2D eigenvalue weighted by molar-refractivity contribution is 5.69. The van der Waals surface area contributed by atoms with Crippen LogP contribution < -0.4 is 0 Å². The Hall–Kier alpha value is -1.86. The number of aromatic nitrogens is 2. The zero-order valence-corrected chi connectivity index (χ0v) is 14.6. The van der Waals surface area contributed by atoms with Crippen molar-refractivity contribution in [3.8, 4) is 0 Å². The van der Waals surface area contributed by atoms with E-state index in [2.05, 4.69) is 9.97 Å². The van der Waals surface area contributed by atoms with Crippen molar-refractivity contribution in [1.29, 1.82) is 0 Å². The molecule has 1 spiro atoms. The molecule has 0 N–H and O–H groups in total. The van der Waals surface area contributed by atoms with E-state index in [0.29, 0.717) is 25.4 Å². The zero-order valence-electron chi connectivity index (χ0n) is 14.6. The lowest BCUT2D eigenvalue weighted by atomic mass is 9.56. The van der Waals surface area contributed by atoms with Gasteiger partial charge >= 0.3 is 12.3 Å². The minimum Gasteiger partial charge on any atom is -0.444 e. The lowest BCUT2D eigenvalue weighted by Crippen LogP contribution is -2.64. The second-order valence-electron chi connectivity index (χ2n) is 8.23. The van der Waals surface area contributed by atoms with Crippen LogP contribution in [0.25, 0.3) is 0 Å². The van der Waals surface area contributed by atoms with Gasteiger partial charge in [0, 0.05) is 30.9 Å². The maximum absolute atomic E-state index is 12.5. The van der Waals surface area contributed by atoms with Crippen LogP contribution in [-0.4, -0.2) is 39.7 Å². The Morgan fingerprint density at radius 1 is 1.24 bits per heavy atom. The Morgan fingerprint density at radius 2 is 1.80 bits per heavy atom. The SMILES string of the molecule is CC(C)(C)OC(=O)N1CC2(CC(Cc3cnc(C(F)(F)F)nc3)C2)C1. The molecule has 1 aliphatic heterocycles. The average molecular weight is 357 g/mol. The molecule has 3 rings (SSSR count). The smallest absolute Gasteiger partial charge is 0.444 e. The van der Waals surface area contributed by atoms with Crippen molar-refractivity contribution in [3.63, 3.8) is 0 Å². The van der Waals surface area contributed by atoms with Gasteiger partial charge in [-0.15, -0.1) is 0 Å². The Labute approximate surface area is 144 Å². The maximum atomic E-state index is 12.5. The van der Waals surface area contributed by atoms with Crippen molar-refractivity contribution in [2.24, 2.45) is 11.3 Å². The number of nitrogens with zero attached hydrogens (tertiary/aromatic N) is 3. The third-order valence-electron chi connectivity index (χ3n) is 4.63. The molecule has 2 aliphatic rings. The molecule has 1 amide bonds. The van der Waals surface area contributed by atoms with Crippen LogP contribution in [0.1, 0.15) is 45.0 Å². The van der Waals surface area contributed by atoms with E-state index >= 15 is 0 Å². The normalized spacial score (nSPS) is 20.2. The molecule has 1 aromatic heterocycles. The summed E-state index contributed by atoms with van der Waals surface area (Å²) >= 11 is 0. The maximum Gasteiger partial charge on any atom is 0.451 e. The first-order valence-electron chi connectivity index (χ1n) is 8.32. The van der Waals surface area contributed by atoms with Gasteiger partial charge in [-0.1, -0.05) is 0 Å². The number of carbonyl (C=O) groups is 1. The van der Waals surface area contributed by atoms with Gasteiger partial charge in [-0.2, -0.15) is 13.2 Å². The summed E-state index contributed by atoms with van der Waals surface area (Å²) in [6, 6.07) is 0. The van der Waals surface area contributed by atoms with E-state index in [1.165, 1.54) is 12.4 Å². The molecule has 1 saturated heterocycles. The van der Waals surface area contributed by atoms with Crippen LogP contribution in [-0.2, 0) is 17.3 Å². The molecule has 0 bridgehead atoms. The number of hydrogen-bond donors (Lipinski definition) is 0. The fraction of sp³-hybridized carbons (Fsp3) is 0.706. The molecule has 0 aromatic carbocycles. The summed E-state index contributed by atoms with van der Waals surface area (Å²) in [5, 5.41) is 0. The summed E-state index contributed by atoms with van der Waals surface area (Å²) in [7, 11) is 0. The second kappa shape index (κ2) is 5.85. The van der Waals surface area contributed by atoms with Gasteiger partial charge in [0.25, 0.3) is 0 Å². The fourth-order valence-corrected chi connectivity index (χ4v) is 3.73. The summed E-state index contributed by atoms with van der Waals surface area (Å²) < 4.78 is 42.7. The summed E-state index contributed by atoms with van der Waals surface area (Å²) in [4.78, 5) is 20.5. The van der Waals surface area contributed by atoms with Gasteiger partial charge in [-0.05, 0) is 51.5 Å². The quantitative estimate of drug-likeness (QED) is 0.810. The van der Waals surface area contributed by atoms with Gasteiger partial charge in [-0.3, -0.25) is 0 Å². The third-order valence-corrected chi connectivity index (χ3v) is 4.63. The van der Waals surface area contributed by atoms with Crippen LogP contribution in [0.15, 0.2) is 12.4 Å². The highest BCUT2D eigenvalue weighted by Gasteiger charge is 2.54. The van der Waals surface area contributed by atoms with Crippen LogP contribution in [0.5, 0.6) is 0 Å². The molecule has 1 aromatic rings. The molecule has 5 nitrogen and oxygen atoms in total. The number of halogens is 3. The van der Waals surface area contributed by atoms with Crippen molar-refractivity contribution in [3.05, 3.63) is 23.8 Å². The molecule has 1 aliphatic carbocycles. The predicted molar refractivity (Wildman–Crippen MR) is 83.7 cm³/mol. The van der Waals surface area contributed by atoms with E-state index in [1.807, 2.05) is 20.8 Å². The van der Waals surface area contributed by atoms with Gasteiger partial charge in [-0.25, -0.2) is 14.8 Å². The lowest BCUT2D eigenvalue weighted by Gasteiger charge is -2.58. The van der Waals surface area contributed by atoms with Crippen LogP contribution in [0.4, 0.5) is 18.0 Å². The molecular formula is C17H22F3N3O2. The minimum atomic E-state index is -4.50. The first kappa shape index (κ1) is 17.9. The number of carbonyl (C=O) groups excluding carboxylic acids is 1. The lowest BCUT2D eigenvalue weighted by molar-refractivity contribution is -0.145. The Bertz CT molecular complexity index is 639. The van der Waals surface area contributed by atoms with E-state index in [1.54, 1.807) is 4.90 Å². The van der Waals surface area contributed by atoms with Crippen molar-refractivity contribution in [1.82, 2.24) is 14.9 Å². The van der Waals surface area contributed by atoms with E-state index in [0.717, 1.165) is 18.4 Å². The Morgan fingerprint density at radius 3 is 2.28 bits per heavy atom. The minimum absolute atomic E-state index is 0.161. The number of likely N-dealkylation sites (tertiary alicyclic amines) is 1. The fourth-order valence-electron chi connectivity index (χ4n) is 3.73. The number of rotatable bonds is 2. The molecule has 1 saturated carbocycles. The van der Waals surface area contributed by atoms with E-state index in [4.69, 9.17) is 4.74 Å². The first-order valence-corrected chi connectivity index (χ1v) is 8.32. The second-order valence-corrected chi connectivity index (χ2v) is 8.23. The zero-order chi connectivity index (χ0) is 18.5. The van der Waals surface area contributed by atoms with Crippen molar-refractivity contribution >= 4 is 6.09 Å². The summed E-state index contributed by atoms with van der Waals surface area (Å²) in [5.74, 6) is -0.700. The summed E-state index contributed by atoms with van der Waals surface area (Å²) in [5.41, 5.74) is 0.384. The van der Waals surface area contributed by atoms with Crippen LogP contribution in [0.2, 0.25) is 0 Å². The van der Waals surface area contributed by atoms with E-state index in [-0.39, 0.29) is 11.5 Å². The molecule has 138 valence electrons. The average Bonchev–Trinajstić information content (AvgIpc) is 2.37. The standard InChI is InChI=1S/C17H22F3N3O2/c1-15(2,3)25-14(24)23-9-16(10-23)5-11(6-16)4-12-7-21-13(22-8-12)17(18,19)20/h7-8,11H,4-6,9-10H2,1-3H3. The van der Waals surface area contributed by atoms with E-state index in [9.17, 15) is 18.0 Å². The van der Waals surface area contributed by atoms with Gasteiger partial charge in [0.2, 0.25) is 5.82 Å². The van der Waals surface area contributed by atoms with Crippen LogP contribution in [0, 0.1) is 11.3 Å². The van der Waals surface area contributed by atoms with Crippen LogP contribution >= 0.6 is 0 Å². The van der Waals surface area contributed by atoms with E-state index < -0.39 is 17.6 Å². The molecule has 25 heavy (non-hydrogen) atoms. The largest absolute Gasteiger partial charge is 0.451 e. The number of amides is 1. The molecule has 0 unspecified atom stereocenters. The van der Waals surface area contributed by atoms with Gasteiger partial charge in [0.05, 0.1) is 0 Å². The Kier molecular flexibility index (Phi) is 4.20. The first-order chi connectivity index (χ1) is 11.5. The number of alkyl halides is 3. The molecule has 2 fully saturated rings. The molecule has 2 heterocycles.